The summed E-state index contributed by atoms with van der Waals surface area (Å²) in [7, 11) is 0. The van der Waals surface area contributed by atoms with Crippen molar-refractivity contribution in [3.05, 3.63) is 52.2 Å². The Hall–Kier alpha value is -2.96. The number of nitrogens with zero attached hydrogens (tertiary/aromatic N) is 3. The predicted molar refractivity (Wildman–Crippen MR) is 90.0 cm³/mol. The van der Waals surface area contributed by atoms with Gasteiger partial charge in [0.1, 0.15) is 18.3 Å². The summed E-state index contributed by atoms with van der Waals surface area (Å²) < 4.78 is 6.18. The van der Waals surface area contributed by atoms with Crippen molar-refractivity contribution in [1.29, 1.82) is 0 Å². The molecule has 0 fully saturated rings. The number of anilines is 1. The molecule has 24 heavy (non-hydrogen) atoms. The molecule has 1 aromatic carbocycles. The number of carbonyl (C=O) groups is 1. The Kier molecular flexibility index (Phi) is 4.16. The highest BCUT2D eigenvalue weighted by Crippen LogP contribution is 2.17. The lowest BCUT2D eigenvalue weighted by Gasteiger charge is -2.09. The van der Waals surface area contributed by atoms with E-state index in [1.54, 1.807) is 6.92 Å². The molecule has 0 aliphatic carbocycles. The van der Waals surface area contributed by atoms with Crippen LogP contribution in [0.15, 0.2) is 39.9 Å². The molecular weight excluding hydrogens is 308 g/mol. The molecule has 3 rings (SSSR count). The van der Waals surface area contributed by atoms with Crippen molar-refractivity contribution in [2.45, 2.75) is 33.2 Å². The summed E-state index contributed by atoms with van der Waals surface area (Å²) in [5.41, 5.74) is 2.18. The zero-order valence-electron chi connectivity index (χ0n) is 13.7. The lowest BCUT2D eigenvalue weighted by atomic mass is 10.0. The van der Waals surface area contributed by atoms with E-state index >= 15 is 0 Å². The Morgan fingerprint density at radius 1 is 1.29 bits per heavy atom. The Morgan fingerprint density at radius 3 is 2.67 bits per heavy atom. The summed E-state index contributed by atoms with van der Waals surface area (Å²) >= 11 is 0. The predicted octanol–water partition coefficient (Wildman–Crippen LogP) is 2.46. The van der Waals surface area contributed by atoms with Gasteiger partial charge in [0.05, 0.1) is 5.69 Å². The number of rotatable bonds is 4. The molecule has 2 heterocycles. The number of benzene rings is 1. The van der Waals surface area contributed by atoms with Crippen LogP contribution in [0.5, 0.6) is 0 Å². The van der Waals surface area contributed by atoms with Gasteiger partial charge in [0.15, 0.2) is 0 Å². The smallest absolute Gasteiger partial charge is 0.267 e. The highest BCUT2D eigenvalue weighted by molar-refractivity contribution is 5.90. The van der Waals surface area contributed by atoms with Crippen molar-refractivity contribution in [2.24, 2.45) is 0 Å². The highest BCUT2D eigenvalue weighted by atomic mass is 16.5. The normalized spacial score (nSPS) is 11.2. The zero-order valence-corrected chi connectivity index (χ0v) is 13.7. The van der Waals surface area contributed by atoms with E-state index in [4.69, 9.17) is 4.52 Å². The van der Waals surface area contributed by atoms with Crippen molar-refractivity contribution in [3.63, 3.8) is 0 Å². The van der Waals surface area contributed by atoms with Crippen LogP contribution in [0.2, 0.25) is 0 Å². The van der Waals surface area contributed by atoms with Gasteiger partial charge in [-0.25, -0.2) is 4.98 Å². The summed E-state index contributed by atoms with van der Waals surface area (Å²) in [6.07, 6.45) is 1.29. The molecule has 124 valence electrons. The third-order valence-electron chi connectivity index (χ3n) is 3.81. The first-order valence-electron chi connectivity index (χ1n) is 7.67. The van der Waals surface area contributed by atoms with Gasteiger partial charge in [-0.1, -0.05) is 31.1 Å². The van der Waals surface area contributed by atoms with Crippen LogP contribution in [0.25, 0.3) is 11.1 Å². The highest BCUT2D eigenvalue weighted by Gasteiger charge is 2.14. The number of hydrogen-bond donors (Lipinski definition) is 1. The van der Waals surface area contributed by atoms with E-state index in [1.807, 2.05) is 24.3 Å². The molecule has 2 aromatic heterocycles. The molecule has 0 saturated carbocycles. The minimum absolute atomic E-state index is 0.127. The molecule has 3 aromatic rings. The maximum absolute atomic E-state index is 12.4. The van der Waals surface area contributed by atoms with Crippen molar-refractivity contribution in [2.75, 3.05) is 5.32 Å². The number of carbonyl (C=O) groups excluding carboxylic acids is 1. The number of aromatic nitrogens is 3. The number of nitrogens with one attached hydrogen (secondary N) is 1. The minimum atomic E-state index is -0.343. The van der Waals surface area contributed by atoms with Gasteiger partial charge in [0.25, 0.3) is 11.3 Å². The molecule has 0 saturated heterocycles. The summed E-state index contributed by atoms with van der Waals surface area (Å²) in [5.74, 6) is 0.127. The van der Waals surface area contributed by atoms with Gasteiger partial charge in [-0.15, -0.1) is 0 Å². The SMILES string of the molecule is Cc1noc2ncn(CC(=O)Nc3ccc(C(C)C)cc3)c(=O)c12. The quantitative estimate of drug-likeness (QED) is 0.795. The van der Waals surface area contributed by atoms with E-state index in [9.17, 15) is 9.59 Å². The van der Waals surface area contributed by atoms with Crippen LogP contribution in [-0.2, 0) is 11.3 Å². The average Bonchev–Trinajstić information content (AvgIpc) is 2.92. The number of aryl methyl sites for hydroxylation is 1. The Morgan fingerprint density at radius 2 is 2.00 bits per heavy atom. The van der Waals surface area contributed by atoms with E-state index in [1.165, 1.54) is 16.5 Å². The maximum atomic E-state index is 12.4. The average molecular weight is 326 g/mol. The summed E-state index contributed by atoms with van der Waals surface area (Å²) in [6.45, 7) is 5.75. The van der Waals surface area contributed by atoms with Gasteiger partial charge in [0.2, 0.25) is 5.91 Å². The van der Waals surface area contributed by atoms with E-state index in [2.05, 4.69) is 29.3 Å². The fourth-order valence-electron chi connectivity index (χ4n) is 2.43. The topological polar surface area (TPSA) is 90.0 Å². The number of fused-ring (bicyclic) bond motifs is 1. The fourth-order valence-corrected chi connectivity index (χ4v) is 2.43. The van der Waals surface area contributed by atoms with Crippen molar-refractivity contribution in [3.8, 4) is 0 Å². The lowest BCUT2D eigenvalue weighted by Crippen LogP contribution is -2.27. The largest absolute Gasteiger partial charge is 0.335 e. The van der Waals surface area contributed by atoms with Gasteiger partial charge in [0, 0.05) is 5.69 Å². The third kappa shape index (κ3) is 3.05. The van der Waals surface area contributed by atoms with Gasteiger partial charge < -0.3 is 9.84 Å². The molecule has 7 nitrogen and oxygen atoms in total. The van der Waals surface area contributed by atoms with E-state index in [0.717, 1.165) is 0 Å². The molecular formula is C17H18N4O3. The Labute approximate surface area is 138 Å². The second-order valence-corrected chi connectivity index (χ2v) is 5.95. The van der Waals surface area contributed by atoms with Gasteiger partial charge in [-0.05, 0) is 30.5 Å². The molecule has 0 spiro atoms. The molecule has 0 aliphatic heterocycles. The van der Waals surface area contributed by atoms with Gasteiger partial charge in [-0.3, -0.25) is 14.2 Å². The van der Waals surface area contributed by atoms with Crippen LogP contribution in [0.4, 0.5) is 5.69 Å². The van der Waals surface area contributed by atoms with Crippen LogP contribution in [-0.4, -0.2) is 20.6 Å². The Bertz CT molecular complexity index is 939. The molecule has 0 radical (unpaired) electrons. The third-order valence-corrected chi connectivity index (χ3v) is 3.81. The second-order valence-electron chi connectivity index (χ2n) is 5.95. The maximum Gasteiger partial charge on any atom is 0.267 e. The lowest BCUT2D eigenvalue weighted by molar-refractivity contribution is -0.116. The minimum Gasteiger partial charge on any atom is -0.335 e. The monoisotopic (exact) mass is 326 g/mol. The van der Waals surface area contributed by atoms with Crippen LogP contribution in [0.1, 0.15) is 31.0 Å². The zero-order chi connectivity index (χ0) is 17.3. The fraction of sp³-hybridized carbons (Fsp3) is 0.294. The number of hydrogen-bond acceptors (Lipinski definition) is 5. The molecule has 7 heteroatoms. The van der Waals surface area contributed by atoms with Crippen LogP contribution in [0, 0.1) is 6.92 Å². The first-order valence-corrected chi connectivity index (χ1v) is 7.67. The van der Waals surface area contributed by atoms with Gasteiger partial charge in [-0.2, -0.15) is 0 Å². The standard InChI is InChI=1S/C17H18N4O3/c1-10(2)12-4-6-13(7-5-12)19-14(22)8-21-9-18-16-15(17(21)23)11(3)20-24-16/h4-7,9-10H,8H2,1-3H3,(H,19,22). The molecule has 1 N–H and O–H groups in total. The molecule has 0 aliphatic rings. The van der Waals surface area contributed by atoms with E-state index in [0.29, 0.717) is 22.7 Å². The van der Waals surface area contributed by atoms with Gasteiger partial charge >= 0.3 is 0 Å². The molecule has 0 bridgehead atoms. The summed E-state index contributed by atoms with van der Waals surface area (Å²) in [5, 5.41) is 6.79. The number of amides is 1. The molecule has 0 atom stereocenters. The van der Waals surface area contributed by atoms with Crippen molar-refractivity contribution in [1.82, 2.24) is 14.7 Å². The Balaban J connectivity index is 1.76. The van der Waals surface area contributed by atoms with Crippen molar-refractivity contribution < 1.29 is 9.32 Å². The van der Waals surface area contributed by atoms with E-state index in [-0.39, 0.29) is 23.7 Å². The van der Waals surface area contributed by atoms with Crippen LogP contribution < -0.4 is 10.9 Å². The summed E-state index contributed by atoms with van der Waals surface area (Å²) in [4.78, 5) is 28.5. The molecule has 0 unspecified atom stereocenters. The van der Waals surface area contributed by atoms with Crippen LogP contribution in [0.3, 0.4) is 0 Å². The first-order chi connectivity index (χ1) is 11.5. The molecule has 1 amide bonds. The van der Waals surface area contributed by atoms with Crippen LogP contribution >= 0.6 is 0 Å². The second kappa shape index (κ2) is 6.27. The first kappa shape index (κ1) is 15.9. The van der Waals surface area contributed by atoms with Crippen molar-refractivity contribution >= 4 is 22.7 Å². The van der Waals surface area contributed by atoms with E-state index < -0.39 is 0 Å². The summed E-state index contributed by atoms with van der Waals surface area (Å²) in [6, 6.07) is 7.64.